The second-order valence-corrected chi connectivity index (χ2v) is 6.23. The lowest BCUT2D eigenvalue weighted by atomic mass is 10.0. The molecule has 0 aliphatic rings. The molecule has 0 atom stereocenters. The highest BCUT2D eigenvalue weighted by Crippen LogP contribution is 2.29. The maximum atomic E-state index is 6.24. The molecule has 2 nitrogen and oxygen atoms in total. The molecule has 4 rings (SSSR count). The van der Waals surface area contributed by atoms with Crippen LogP contribution >= 0.6 is 0 Å². The molecule has 0 fully saturated rings. The average molecular weight is 327 g/mol. The summed E-state index contributed by atoms with van der Waals surface area (Å²) in [6.07, 6.45) is 0.812. The predicted molar refractivity (Wildman–Crippen MR) is 105 cm³/mol. The summed E-state index contributed by atoms with van der Waals surface area (Å²) >= 11 is 0. The van der Waals surface area contributed by atoms with Crippen LogP contribution in [0.4, 0.5) is 0 Å². The van der Waals surface area contributed by atoms with Gasteiger partial charge in [0.2, 0.25) is 0 Å². The molecular weight excluding hydrogens is 306 g/mol. The third-order valence-electron chi connectivity index (χ3n) is 4.66. The molecule has 0 saturated heterocycles. The molecule has 25 heavy (non-hydrogen) atoms. The van der Waals surface area contributed by atoms with E-state index in [0.717, 1.165) is 12.2 Å². The molecule has 2 N–H and O–H groups in total. The van der Waals surface area contributed by atoms with Crippen LogP contribution in [0.2, 0.25) is 0 Å². The van der Waals surface area contributed by atoms with E-state index in [2.05, 4.69) is 78.9 Å². The summed E-state index contributed by atoms with van der Waals surface area (Å²) in [6.45, 7) is 1.16. The Morgan fingerprint density at radius 2 is 1.36 bits per heavy atom. The second-order valence-electron chi connectivity index (χ2n) is 6.23. The number of fused-ring (bicyclic) bond motifs is 2. The van der Waals surface area contributed by atoms with E-state index in [1.807, 2.05) is 0 Å². The third-order valence-corrected chi connectivity index (χ3v) is 4.66. The van der Waals surface area contributed by atoms with Gasteiger partial charge in [-0.1, -0.05) is 72.8 Å². The predicted octanol–water partition coefficient (Wildman–Crippen LogP) is 5.07. The summed E-state index contributed by atoms with van der Waals surface area (Å²) in [5.41, 5.74) is 8.24. The normalized spacial score (nSPS) is 11.1. The van der Waals surface area contributed by atoms with E-state index in [1.165, 1.54) is 32.7 Å². The number of ether oxygens (including phenoxy) is 1. The van der Waals surface area contributed by atoms with Crippen molar-refractivity contribution in [2.24, 2.45) is 5.73 Å². The zero-order valence-corrected chi connectivity index (χ0v) is 14.1. The van der Waals surface area contributed by atoms with E-state index in [9.17, 15) is 0 Å². The monoisotopic (exact) mass is 327 g/mol. The SMILES string of the molecule is NCCc1c(OCc2cccc3ccccc23)ccc2ccccc12. The first-order valence-corrected chi connectivity index (χ1v) is 8.67. The summed E-state index contributed by atoms with van der Waals surface area (Å²) in [6, 6.07) is 27.4. The molecule has 4 aromatic rings. The minimum atomic E-state index is 0.553. The van der Waals surface area contributed by atoms with E-state index in [1.54, 1.807) is 0 Å². The van der Waals surface area contributed by atoms with Crippen LogP contribution in [0.1, 0.15) is 11.1 Å². The van der Waals surface area contributed by atoms with Crippen LogP contribution in [0.5, 0.6) is 5.75 Å². The number of benzene rings is 4. The van der Waals surface area contributed by atoms with Gasteiger partial charge in [0.05, 0.1) is 0 Å². The van der Waals surface area contributed by atoms with Gasteiger partial charge in [0, 0.05) is 5.56 Å². The van der Waals surface area contributed by atoms with Gasteiger partial charge in [-0.15, -0.1) is 0 Å². The lowest BCUT2D eigenvalue weighted by Gasteiger charge is -2.15. The highest BCUT2D eigenvalue weighted by atomic mass is 16.5. The Morgan fingerprint density at radius 1 is 0.680 bits per heavy atom. The van der Waals surface area contributed by atoms with Crippen LogP contribution in [0.25, 0.3) is 21.5 Å². The van der Waals surface area contributed by atoms with Gasteiger partial charge >= 0.3 is 0 Å². The summed E-state index contributed by atoms with van der Waals surface area (Å²) in [5.74, 6) is 0.928. The van der Waals surface area contributed by atoms with Crippen LogP contribution in [-0.2, 0) is 13.0 Å². The topological polar surface area (TPSA) is 35.2 Å². The van der Waals surface area contributed by atoms with Crippen molar-refractivity contribution < 1.29 is 4.74 Å². The first-order chi connectivity index (χ1) is 12.4. The number of hydrogen-bond donors (Lipinski definition) is 1. The Kier molecular flexibility index (Phi) is 4.36. The van der Waals surface area contributed by atoms with Crippen molar-refractivity contribution in [1.82, 2.24) is 0 Å². The molecule has 0 heterocycles. The maximum Gasteiger partial charge on any atom is 0.123 e. The number of rotatable bonds is 5. The number of hydrogen-bond acceptors (Lipinski definition) is 2. The quantitative estimate of drug-likeness (QED) is 0.555. The van der Waals surface area contributed by atoms with Gasteiger partial charge in [0.15, 0.2) is 0 Å². The molecular formula is C23H21NO. The van der Waals surface area contributed by atoms with E-state index in [-0.39, 0.29) is 0 Å². The summed E-state index contributed by atoms with van der Waals surface area (Å²) in [5, 5.41) is 4.93. The van der Waals surface area contributed by atoms with Crippen LogP contribution in [0, 0.1) is 0 Å². The zero-order chi connectivity index (χ0) is 17.1. The van der Waals surface area contributed by atoms with Crippen LogP contribution < -0.4 is 10.5 Å². The molecule has 0 radical (unpaired) electrons. The van der Waals surface area contributed by atoms with Crippen molar-refractivity contribution in [3.05, 3.63) is 90.0 Å². The summed E-state index contributed by atoms with van der Waals surface area (Å²) in [4.78, 5) is 0. The van der Waals surface area contributed by atoms with Gasteiger partial charge in [-0.2, -0.15) is 0 Å². The van der Waals surface area contributed by atoms with E-state index < -0.39 is 0 Å². The van der Waals surface area contributed by atoms with Gasteiger partial charge < -0.3 is 10.5 Å². The van der Waals surface area contributed by atoms with Crippen molar-refractivity contribution in [2.75, 3.05) is 6.54 Å². The van der Waals surface area contributed by atoms with Crippen LogP contribution in [0.15, 0.2) is 78.9 Å². The fraction of sp³-hybridized carbons (Fsp3) is 0.130. The Hall–Kier alpha value is -2.84. The standard InChI is InChI=1S/C23H21NO/c24-15-14-22-21-11-4-2-7-18(21)12-13-23(22)25-16-19-9-5-8-17-6-1-3-10-20(17)19/h1-13H,14-16,24H2. The van der Waals surface area contributed by atoms with E-state index in [4.69, 9.17) is 10.5 Å². The van der Waals surface area contributed by atoms with Crippen molar-refractivity contribution in [3.8, 4) is 5.75 Å². The third kappa shape index (κ3) is 3.09. The smallest absolute Gasteiger partial charge is 0.123 e. The Balaban J connectivity index is 1.69. The highest BCUT2D eigenvalue weighted by Gasteiger charge is 2.09. The minimum absolute atomic E-state index is 0.553. The summed E-state index contributed by atoms with van der Waals surface area (Å²) in [7, 11) is 0. The fourth-order valence-corrected chi connectivity index (χ4v) is 3.43. The van der Waals surface area contributed by atoms with Gasteiger partial charge in [-0.05, 0) is 46.1 Å². The number of nitrogens with two attached hydrogens (primary N) is 1. The average Bonchev–Trinajstić information content (AvgIpc) is 2.67. The van der Waals surface area contributed by atoms with Gasteiger partial charge in [0.1, 0.15) is 12.4 Å². The first kappa shape index (κ1) is 15.7. The highest BCUT2D eigenvalue weighted by molar-refractivity contribution is 5.88. The van der Waals surface area contributed by atoms with Crippen molar-refractivity contribution in [3.63, 3.8) is 0 Å². The van der Waals surface area contributed by atoms with Gasteiger partial charge in [-0.25, -0.2) is 0 Å². The van der Waals surface area contributed by atoms with Crippen LogP contribution in [0.3, 0.4) is 0 Å². The first-order valence-electron chi connectivity index (χ1n) is 8.67. The Bertz CT molecular complexity index is 1020. The van der Waals surface area contributed by atoms with E-state index in [0.29, 0.717) is 13.2 Å². The zero-order valence-electron chi connectivity index (χ0n) is 14.1. The van der Waals surface area contributed by atoms with Crippen molar-refractivity contribution >= 4 is 21.5 Å². The molecule has 0 saturated carbocycles. The van der Waals surface area contributed by atoms with Crippen LogP contribution in [-0.4, -0.2) is 6.54 Å². The fourth-order valence-electron chi connectivity index (χ4n) is 3.43. The molecule has 0 aliphatic carbocycles. The molecule has 0 bridgehead atoms. The van der Waals surface area contributed by atoms with Crippen molar-refractivity contribution in [2.45, 2.75) is 13.0 Å². The molecule has 4 aromatic carbocycles. The lowest BCUT2D eigenvalue weighted by Crippen LogP contribution is -2.06. The Labute approximate surface area is 147 Å². The van der Waals surface area contributed by atoms with Gasteiger partial charge in [-0.3, -0.25) is 0 Å². The Morgan fingerprint density at radius 3 is 2.16 bits per heavy atom. The molecule has 0 amide bonds. The lowest BCUT2D eigenvalue weighted by molar-refractivity contribution is 0.305. The minimum Gasteiger partial charge on any atom is -0.489 e. The van der Waals surface area contributed by atoms with Crippen molar-refractivity contribution in [1.29, 1.82) is 0 Å². The molecule has 2 heteroatoms. The molecule has 124 valence electrons. The van der Waals surface area contributed by atoms with E-state index >= 15 is 0 Å². The molecule has 0 unspecified atom stereocenters. The molecule has 0 aliphatic heterocycles. The van der Waals surface area contributed by atoms with Gasteiger partial charge in [0.25, 0.3) is 0 Å². The molecule has 0 aromatic heterocycles. The maximum absolute atomic E-state index is 6.24. The second kappa shape index (κ2) is 6.96. The summed E-state index contributed by atoms with van der Waals surface area (Å²) < 4.78 is 6.24. The molecule has 0 spiro atoms. The largest absolute Gasteiger partial charge is 0.489 e.